The fourth-order valence-electron chi connectivity index (χ4n) is 3.91. The zero-order chi connectivity index (χ0) is 14.0. The Morgan fingerprint density at radius 2 is 2.00 bits per heavy atom. The second-order valence-corrected chi connectivity index (χ2v) is 6.12. The average Bonchev–Trinajstić information content (AvgIpc) is 2.99. The quantitative estimate of drug-likeness (QED) is 0.917. The first-order valence-electron chi connectivity index (χ1n) is 7.73. The molecular weight excluding hydrogens is 250 g/mol. The molecule has 1 saturated carbocycles. The minimum Gasteiger partial charge on any atom is -0.379 e. The highest BCUT2D eigenvalue weighted by Gasteiger charge is 2.45. The smallest absolute Gasteiger partial charge is 0.0594 e. The number of aryl methyl sites for hydroxylation is 1. The first kappa shape index (κ1) is 14.0. The van der Waals surface area contributed by atoms with Crippen molar-refractivity contribution in [1.29, 1.82) is 0 Å². The lowest BCUT2D eigenvalue weighted by Gasteiger charge is -2.47. The lowest BCUT2D eigenvalue weighted by Crippen LogP contribution is -2.57. The summed E-state index contributed by atoms with van der Waals surface area (Å²) in [6, 6.07) is 2.12. The predicted molar refractivity (Wildman–Crippen MR) is 79.5 cm³/mol. The summed E-state index contributed by atoms with van der Waals surface area (Å²) in [5.74, 6) is 0. The van der Waals surface area contributed by atoms with Gasteiger partial charge in [-0.2, -0.15) is 0 Å². The molecule has 0 bridgehead atoms. The Kier molecular flexibility index (Phi) is 4.06. The number of nitrogens with two attached hydrogens (primary N) is 1. The minimum absolute atomic E-state index is 0.0526. The maximum Gasteiger partial charge on any atom is 0.0594 e. The molecule has 1 unspecified atom stereocenters. The van der Waals surface area contributed by atoms with E-state index in [4.69, 9.17) is 10.5 Å². The van der Waals surface area contributed by atoms with Crippen molar-refractivity contribution in [2.45, 2.75) is 44.2 Å². The van der Waals surface area contributed by atoms with Gasteiger partial charge in [-0.05, 0) is 37.0 Å². The molecule has 2 N–H and O–H groups in total. The third-order valence-electron chi connectivity index (χ3n) is 5.10. The Hall–Kier alpha value is -0.970. The van der Waals surface area contributed by atoms with Crippen LogP contribution in [-0.2, 0) is 4.74 Å². The average molecular weight is 275 g/mol. The second-order valence-electron chi connectivity index (χ2n) is 6.12. The number of ether oxygens (including phenoxy) is 1. The Balaban J connectivity index is 1.91. The molecule has 110 valence electrons. The van der Waals surface area contributed by atoms with Gasteiger partial charge in [0.25, 0.3) is 0 Å². The molecule has 0 spiro atoms. The molecule has 1 aliphatic carbocycles. The molecule has 1 aliphatic heterocycles. The monoisotopic (exact) mass is 275 g/mol. The van der Waals surface area contributed by atoms with Crippen LogP contribution in [0, 0.1) is 6.92 Å². The van der Waals surface area contributed by atoms with Crippen molar-refractivity contribution >= 4 is 0 Å². The standard InChI is InChI=1S/C16H25N3O/c1-13-4-7-18-12-14(13)15(17)16(5-2-3-6-16)19-8-10-20-11-9-19/h4,7,12,15H,2-3,5-6,8-11,17H2,1H3. The van der Waals surface area contributed by atoms with E-state index in [-0.39, 0.29) is 11.6 Å². The van der Waals surface area contributed by atoms with Crippen molar-refractivity contribution in [3.63, 3.8) is 0 Å². The van der Waals surface area contributed by atoms with E-state index >= 15 is 0 Å². The van der Waals surface area contributed by atoms with Crippen molar-refractivity contribution in [1.82, 2.24) is 9.88 Å². The van der Waals surface area contributed by atoms with Gasteiger partial charge in [-0.1, -0.05) is 12.8 Å². The van der Waals surface area contributed by atoms with Crippen LogP contribution in [-0.4, -0.2) is 41.7 Å². The van der Waals surface area contributed by atoms with Crippen LogP contribution in [0.25, 0.3) is 0 Å². The number of hydrogen-bond donors (Lipinski definition) is 1. The maximum atomic E-state index is 6.74. The molecule has 0 radical (unpaired) electrons. The summed E-state index contributed by atoms with van der Waals surface area (Å²) in [5.41, 5.74) is 9.32. The van der Waals surface area contributed by atoms with Gasteiger partial charge < -0.3 is 10.5 Å². The Morgan fingerprint density at radius 3 is 2.65 bits per heavy atom. The highest BCUT2D eigenvalue weighted by atomic mass is 16.5. The first-order chi connectivity index (χ1) is 9.74. The summed E-state index contributed by atoms with van der Waals surface area (Å²) < 4.78 is 5.52. The van der Waals surface area contributed by atoms with Gasteiger partial charge in [-0.15, -0.1) is 0 Å². The van der Waals surface area contributed by atoms with Crippen LogP contribution in [0.3, 0.4) is 0 Å². The van der Waals surface area contributed by atoms with Gasteiger partial charge in [0.15, 0.2) is 0 Å². The zero-order valence-corrected chi connectivity index (χ0v) is 12.3. The molecular formula is C16H25N3O. The Labute approximate surface area is 121 Å². The van der Waals surface area contributed by atoms with Crippen LogP contribution < -0.4 is 5.73 Å². The summed E-state index contributed by atoms with van der Waals surface area (Å²) in [5, 5.41) is 0. The molecule has 1 atom stereocenters. The number of hydrogen-bond acceptors (Lipinski definition) is 4. The molecule has 4 nitrogen and oxygen atoms in total. The van der Waals surface area contributed by atoms with E-state index in [9.17, 15) is 0 Å². The third-order valence-corrected chi connectivity index (χ3v) is 5.10. The van der Waals surface area contributed by atoms with E-state index in [0.717, 1.165) is 26.3 Å². The summed E-state index contributed by atoms with van der Waals surface area (Å²) >= 11 is 0. The van der Waals surface area contributed by atoms with Gasteiger partial charge >= 0.3 is 0 Å². The fraction of sp³-hybridized carbons (Fsp3) is 0.688. The van der Waals surface area contributed by atoms with E-state index in [2.05, 4.69) is 22.9 Å². The minimum atomic E-state index is 0.0526. The maximum absolute atomic E-state index is 6.74. The molecule has 2 aliphatic rings. The van der Waals surface area contributed by atoms with Gasteiger partial charge in [-0.25, -0.2) is 0 Å². The van der Waals surface area contributed by atoms with Gasteiger partial charge in [-0.3, -0.25) is 9.88 Å². The van der Waals surface area contributed by atoms with Crippen LogP contribution in [0.2, 0.25) is 0 Å². The summed E-state index contributed by atoms with van der Waals surface area (Å²) in [6.45, 7) is 5.82. The van der Waals surface area contributed by atoms with Crippen LogP contribution in [0.1, 0.15) is 42.9 Å². The number of rotatable bonds is 3. The molecule has 1 saturated heterocycles. The molecule has 0 amide bonds. The fourth-order valence-corrected chi connectivity index (χ4v) is 3.91. The highest BCUT2D eigenvalue weighted by Crippen LogP contribution is 2.44. The second kappa shape index (κ2) is 5.80. The van der Waals surface area contributed by atoms with Crippen LogP contribution in [0.4, 0.5) is 0 Å². The van der Waals surface area contributed by atoms with Crippen molar-refractivity contribution in [3.8, 4) is 0 Å². The highest BCUT2D eigenvalue weighted by molar-refractivity contribution is 5.29. The van der Waals surface area contributed by atoms with Crippen LogP contribution in [0.15, 0.2) is 18.5 Å². The summed E-state index contributed by atoms with van der Waals surface area (Å²) in [4.78, 5) is 6.87. The topological polar surface area (TPSA) is 51.4 Å². The van der Waals surface area contributed by atoms with E-state index in [1.54, 1.807) is 0 Å². The van der Waals surface area contributed by atoms with Gasteiger partial charge in [0.05, 0.1) is 13.2 Å². The molecule has 2 fully saturated rings. The van der Waals surface area contributed by atoms with Crippen LogP contribution in [0.5, 0.6) is 0 Å². The Morgan fingerprint density at radius 1 is 1.30 bits per heavy atom. The predicted octanol–water partition coefficient (Wildman–Crippen LogP) is 2.03. The lowest BCUT2D eigenvalue weighted by atomic mass is 9.81. The molecule has 1 aromatic rings. The number of pyridine rings is 1. The summed E-state index contributed by atoms with van der Waals surface area (Å²) in [6.07, 6.45) is 8.77. The largest absolute Gasteiger partial charge is 0.379 e. The van der Waals surface area contributed by atoms with Gasteiger partial charge in [0.2, 0.25) is 0 Å². The van der Waals surface area contributed by atoms with E-state index < -0.39 is 0 Å². The molecule has 4 heteroatoms. The zero-order valence-electron chi connectivity index (χ0n) is 12.3. The van der Waals surface area contributed by atoms with Crippen LogP contribution >= 0.6 is 0 Å². The molecule has 2 heterocycles. The Bertz CT molecular complexity index is 451. The lowest BCUT2D eigenvalue weighted by molar-refractivity contribution is -0.0312. The SMILES string of the molecule is Cc1ccncc1C(N)C1(N2CCOCC2)CCCC1. The molecule has 20 heavy (non-hydrogen) atoms. The number of nitrogens with zero attached hydrogens (tertiary/aromatic N) is 2. The van der Waals surface area contributed by atoms with Crippen molar-refractivity contribution in [2.75, 3.05) is 26.3 Å². The number of morpholine rings is 1. The van der Waals surface area contributed by atoms with Crippen molar-refractivity contribution in [2.24, 2.45) is 5.73 Å². The number of aromatic nitrogens is 1. The normalized spacial score (nSPS) is 24.7. The molecule has 0 aromatic carbocycles. The van der Waals surface area contributed by atoms with Gasteiger partial charge in [0.1, 0.15) is 0 Å². The van der Waals surface area contributed by atoms with Crippen molar-refractivity contribution in [3.05, 3.63) is 29.6 Å². The van der Waals surface area contributed by atoms with Gasteiger partial charge in [0, 0.05) is 37.1 Å². The van der Waals surface area contributed by atoms with E-state index in [1.807, 2.05) is 12.4 Å². The van der Waals surface area contributed by atoms with Crippen molar-refractivity contribution < 1.29 is 4.74 Å². The summed E-state index contributed by atoms with van der Waals surface area (Å²) in [7, 11) is 0. The molecule has 3 rings (SSSR count). The van der Waals surface area contributed by atoms with E-state index in [0.29, 0.717) is 0 Å². The third kappa shape index (κ3) is 2.36. The van der Waals surface area contributed by atoms with E-state index in [1.165, 1.54) is 36.8 Å². The first-order valence-corrected chi connectivity index (χ1v) is 7.73. The molecule has 1 aromatic heterocycles.